The van der Waals surface area contributed by atoms with Crippen molar-refractivity contribution in [1.82, 2.24) is 19.6 Å². The second-order valence-electron chi connectivity index (χ2n) is 3.88. The first-order chi connectivity index (χ1) is 8.83. The number of rotatable bonds is 3. The molecule has 1 fully saturated rings. The molecule has 1 N–H and O–H groups in total. The van der Waals surface area contributed by atoms with Gasteiger partial charge >= 0.3 is 0 Å². The summed E-state index contributed by atoms with van der Waals surface area (Å²) in [6.45, 7) is 0.910. The highest BCUT2D eigenvalue weighted by atomic mass is 35.5. The minimum Gasteiger partial charge on any atom is -0.369 e. The average molecular weight is 302 g/mol. The van der Waals surface area contributed by atoms with Crippen LogP contribution in [0.25, 0.3) is 5.78 Å². The maximum Gasteiger partial charge on any atom is 0.255 e. The third-order valence-electron chi connectivity index (χ3n) is 2.62. The van der Waals surface area contributed by atoms with Crippen molar-refractivity contribution in [2.24, 2.45) is 0 Å². The molecule has 0 saturated carbocycles. The molecule has 1 unspecified atom stereocenters. The van der Waals surface area contributed by atoms with Gasteiger partial charge in [-0.3, -0.25) is 0 Å². The summed E-state index contributed by atoms with van der Waals surface area (Å²) in [7, 11) is 0. The monoisotopic (exact) mass is 301 g/mol. The SMILES string of the molecule is Clc1cc(NCC2CSCCS2)n2ncnc2n1. The molecule has 3 rings (SSSR count). The Morgan fingerprint density at radius 3 is 3.28 bits per heavy atom. The number of nitrogens with one attached hydrogen (secondary N) is 1. The molecule has 0 amide bonds. The quantitative estimate of drug-likeness (QED) is 0.876. The van der Waals surface area contributed by atoms with Gasteiger partial charge in [0.05, 0.1) is 0 Å². The summed E-state index contributed by atoms with van der Waals surface area (Å²) in [6, 6.07) is 1.78. The summed E-state index contributed by atoms with van der Waals surface area (Å²) in [5.41, 5.74) is 0. The highest BCUT2D eigenvalue weighted by Gasteiger charge is 2.15. The van der Waals surface area contributed by atoms with E-state index < -0.39 is 0 Å². The van der Waals surface area contributed by atoms with Crippen LogP contribution in [0, 0.1) is 0 Å². The van der Waals surface area contributed by atoms with Gasteiger partial charge in [0.25, 0.3) is 5.78 Å². The fourth-order valence-corrected chi connectivity index (χ4v) is 4.57. The van der Waals surface area contributed by atoms with Crippen molar-refractivity contribution in [3.63, 3.8) is 0 Å². The largest absolute Gasteiger partial charge is 0.369 e. The zero-order valence-corrected chi connectivity index (χ0v) is 11.9. The van der Waals surface area contributed by atoms with Crippen molar-refractivity contribution in [3.8, 4) is 0 Å². The summed E-state index contributed by atoms with van der Waals surface area (Å²) < 4.78 is 1.67. The van der Waals surface area contributed by atoms with E-state index >= 15 is 0 Å². The zero-order chi connectivity index (χ0) is 12.4. The lowest BCUT2D eigenvalue weighted by Crippen LogP contribution is -2.24. The lowest BCUT2D eigenvalue weighted by Gasteiger charge is -2.21. The predicted molar refractivity (Wildman–Crippen MR) is 77.9 cm³/mol. The topological polar surface area (TPSA) is 55.1 Å². The first-order valence-electron chi connectivity index (χ1n) is 5.62. The van der Waals surface area contributed by atoms with Crippen LogP contribution in [0.2, 0.25) is 5.15 Å². The molecule has 0 aromatic carbocycles. The number of anilines is 1. The number of nitrogens with zero attached hydrogens (tertiary/aromatic N) is 4. The van der Waals surface area contributed by atoms with Crippen molar-refractivity contribution >= 4 is 46.7 Å². The lowest BCUT2D eigenvalue weighted by atomic mass is 10.4. The van der Waals surface area contributed by atoms with Gasteiger partial charge in [-0.15, -0.1) is 0 Å². The molecule has 2 aromatic rings. The smallest absolute Gasteiger partial charge is 0.255 e. The third-order valence-corrected chi connectivity index (χ3v) is 5.65. The van der Waals surface area contributed by atoms with E-state index in [1.165, 1.54) is 23.6 Å². The number of thioether (sulfide) groups is 2. The summed E-state index contributed by atoms with van der Waals surface area (Å²) in [5, 5.41) is 8.59. The van der Waals surface area contributed by atoms with Crippen LogP contribution in [0.3, 0.4) is 0 Å². The van der Waals surface area contributed by atoms with Crippen LogP contribution in [-0.4, -0.2) is 48.6 Å². The van der Waals surface area contributed by atoms with Crippen molar-refractivity contribution < 1.29 is 0 Å². The molecule has 2 aromatic heterocycles. The van der Waals surface area contributed by atoms with Crippen LogP contribution < -0.4 is 5.32 Å². The van der Waals surface area contributed by atoms with Crippen molar-refractivity contribution in [2.45, 2.75) is 5.25 Å². The van der Waals surface area contributed by atoms with Crippen LogP contribution >= 0.6 is 35.1 Å². The molecule has 0 radical (unpaired) electrons. The highest BCUT2D eigenvalue weighted by Crippen LogP contribution is 2.24. The van der Waals surface area contributed by atoms with Gasteiger partial charge in [-0.1, -0.05) is 11.6 Å². The number of aromatic nitrogens is 4. The molecular weight excluding hydrogens is 290 g/mol. The average Bonchev–Trinajstić information content (AvgIpc) is 2.85. The Bertz CT molecular complexity index is 540. The number of hydrogen-bond acceptors (Lipinski definition) is 6. The molecule has 1 aliphatic rings. The summed E-state index contributed by atoms with van der Waals surface area (Å²) >= 11 is 9.99. The molecular formula is C10H12ClN5S2. The van der Waals surface area contributed by atoms with E-state index in [2.05, 4.69) is 20.4 Å². The second kappa shape index (κ2) is 5.54. The Morgan fingerprint density at radius 1 is 1.50 bits per heavy atom. The Labute approximate surface area is 118 Å². The molecule has 8 heteroatoms. The molecule has 1 aliphatic heterocycles. The fraction of sp³-hybridized carbons (Fsp3) is 0.500. The van der Waals surface area contributed by atoms with Gasteiger partial charge in [0.15, 0.2) is 0 Å². The Balaban J connectivity index is 1.75. The van der Waals surface area contributed by atoms with E-state index in [1.54, 1.807) is 10.6 Å². The Kier molecular flexibility index (Phi) is 3.81. The van der Waals surface area contributed by atoms with Gasteiger partial charge in [-0.2, -0.15) is 43.1 Å². The Morgan fingerprint density at radius 2 is 2.44 bits per heavy atom. The van der Waals surface area contributed by atoms with Gasteiger partial charge in [0.1, 0.15) is 17.3 Å². The molecule has 3 heterocycles. The van der Waals surface area contributed by atoms with Crippen LogP contribution in [0.5, 0.6) is 0 Å². The Hall–Kier alpha value is -0.660. The first-order valence-corrected chi connectivity index (χ1v) is 8.20. The van der Waals surface area contributed by atoms with Crippen molar-refractivity contribution in [3.05, 3.63) is 17.5 Å². The van der Waals surface area contributed by atoms with Crippen molar-refractivity contribution in [1.29, 1.82) is 0 Å². The van der Waals surface area contributed by atoms with Gasteiger partial charge in [0, 0.05) is 35.1 Å². The summed E-state index contributed by atoms with van der Waals surface area (Å²) in [5.74, 6) is 5.05. The standard InChI is InChI=1S/C10H12ClN5S2/c11-8-3-9(16-10(15-8)13-6-14-16)12-4-7-5-17-1-2-18-7/h3,6-7,12H,1-2,4-5H2. The fourth-order valence-electron chi connectivity index (χ4n) is 1.78. The third kappa shape index (κ3) is 2.67. The van der Waals surface area contributed by atoms with Crippen LogP contribution in [0.15, 0.2) is 12.4 Å². The van der Waals surface area contributed by atoms with Gasteiger partial charge in [-0.05, 0) is 0 Å². The van der Waals surface area contributed by atoms with E-state index in [-0.39, 0.29) is 0 Å². The summed E-state index contributed by atoms with van der Waals surface area (Å²) in [6.07, 6.45) is 1.48. The summed E-state index contributed by atoms with van der Waals surface area (Å²) in [4.78, 5) is 8.14. The van der Waals surface area contributed by atoms with Gasteiger partial charge in [0.2, 0.25) is 0 Å². The van der Waals surface area contributed by atoms with E-state index in [0.717, 1.165) is 12.4 Å². The maximum absolute atomic E-state index is 5.96. The lowest BCUT2D eigenvalue weighted by molar-refractivity contribution is 0.910. The molecule has 1 atom stereocenters. The molecule has 96 valence electrons. The normalized spacial score (nSPS) is 20.2. The van der Waals surface area contributed by atoms with Gasteiger partial charge in [-0.25, -0.2) is 0 Å². The highest BCUT2D eigenvalue weighted by molar-refractivity contribution is 8.06. The molecule has 5 nitrogen and oxygen atoms in total. The first kappa shape index (κ1) is 12.4. The number of halogens is 1. The van der Waals surface area contributed by atoms with Crippen molar-refractivity contribution in [2.75, 3.05) is 29.1 Å². The number of fused-ring (bicyclic) bond motifs is 1. The minimum absolute atomic E-state index is 0.434. The van der Waals surface area contributed by atoms with E-state index in [0.29, 0.717) is 16.2 Å². The van der Waals surface area contributed by atoms with Crippen LogP contribution in [0.4, 0.5) is 5.82 Å². The molecule has 1 saturated heterocycles. The molecule has 0 spiro atoms. The van der Waals surface area contributed by atoms with E-state index in [4.69, 9.17) is 11.6 Å². The van der Waals surface area contributed by atoms with Gasteiger partial charge < -0.3 is 5.32 Å². The zero-order valence-electron chi connectivity index (χ0n) is 9.54. The molecule has 0 bridgehead atoms. The molecule has 18 heavy (non-hydrogen) atoms. The van der Waals surface area contributed by atoms with E-state index in [1.807, 2.05) is 23.5 Å². The number of hydrogen-bond donors (Lipinski definition) is 1. The molecule has 0 aliphatic carbocycles. The maximum atomic E-state index is 5.96. The van der Waals surface area contributed by atoms with Crippen LogP contribution in [0.1, 0.15) is 0 Å². The van der Waals surface area contributed by atoms with E-state index in [9.17, 15) is 0 Å². The second-order valence-corrected chi connectivity index (χ2v) is 6.83. The minimum atomic E-state index is 0.434. The predicted octanol–water partition coefficient (Wildman–Crippen LogP) is 2.04. The van der Waals surface area contributed by atoms with Crippen LogP contribution in [-0.2, 0) is 0 Å².